The quantitative estimate of drug-likeness (QED) is 0.838. The zero-order valence-electron chi connectivity index (χ0n) is 6.55. The van der Waals surface area contributed by atoms with Crippen LogP contribution in [0.25, 0.3) is 0 Å². The van der Waals surface area contributed by atoms with Gasteiger partial charge in [0.05, 0.1) is 0 Å². The van der Waals surface area contributed by atoms with E-state index >= 15 is 0 Å². The highest BCUT2D eigenvalue weighted by Crippen LogP contribution is 2.24. The Morgan fingerprint density at radius 3 is 2.36 bits per heavy atom. The largest absolute Gasteiger partial charge is 0.341 e. The molecule has 0 aliphatic carbocycles. The van der Waals surface area contributed by atoms with Crippen LogP contribution >= 0.6 is 15.9 Å². The summed E-state index contributed by atoms with van der Waals surface area (Å²) in [5, 5.41) is 0. The number of hydrogen-bond acceptors (Lipinski definition) is 2. The molecule has 0 atom stereocenters. The van der Waals surface area contributed by atoms with Gasteiger partial charge in [0, 0.05) is 4.47 Å². The van der Waals surface area contributed by atoms with Gasteiger partial charge in [0.15, 0.2) is 0 Å². The molecule has 0 bridgehead atoms. The molecule has 1 rings (SSSR count). The smallest absolute Gasteiger partial charge is 0.218 e. The monoisotopic (exact) mass is 288 g/mol. The topological polar surface area (TPSA) is 34.1 Å². The van der Waals surface area contributed by atoms with E-state index in [1.54, 1.807) is 0 Å². The Morgan fingerprint density at radius 2 is 1.86 bits per heavy atom. The summed E-state index contributed by atoms with van der Waals surface area (Å²) in [5.74, 6) is -4.81. The fourth-order valence-corrected chi connectivity index (χ4v) is 2.13. The van der Waals surface area contributed by atoms with Crippen molar-refractivity contribution in [1.29, 1.82) is 0 Å². The number of alkyl halides is 2. The van der Waals surface area contributed by atoms with Gasteiger partial charge in [-0.25, -0.2) is 12.8 Å². The molecule has 2 nitrogen and oxygen atoms in total. The second-order valence-electron chi connectivity index (χ2n) is 2.38. The van der Waals surface area contributed by atoms with Crippen LogP contribution in [0.1, 0.15) is 0 Å². The SMILES string of the molecule is O=S(=O)(c1cc(Br)ccc1F)C(F)F. The van der Waals surface area contributed by atoms with Crippen LogP contribution in [-0.4, -0.2) is 14.2 Å². The summed E-state index contributed by atoms with van der Waals surface area (Å²) in [5.41, 5.74) is 0. The van der Waals surface area contributed by atoms with Crippen molar-refractivity contribution >= 4 is 25.8 Å². The normalized spacial score (nSPS) is 12.1. The molecule has 1 aromatic carbocycles. The van der Waals surface area contributed by atoms with Crippen LogP contribution < -0.4 is 0 Å². The Kier molecular flexibility index (Phi) is 3.20. The van der Waals surface area contributed by atoms with E-state index in [2.05, 4.69) is 15.9 Å². The second kappa shape index (κ2) is 3.90. The molecule has 0 amide bonds. The molecule has 0 saturated carbocycles. The fraction of sp³-hybridized carbons (Fsp3) is 0.143. The number of hydrogen-bond donors (Lipinski definition) is 0. The van der Waals surface area contributed by atoms with Crippen molar-refractivity contribution in [3.63, 3.8) is 0 Å². The van der Waals surface area contributed by atoms with Crippen LogP contribution in [0.15, 0.2) is 27.6 Å². The summed E-state index contributed by atoms with van der Waals surface area (Å²) in [6, 6.07) is 2.83. The van der Waals surface area contributed by atoms with Gasteiger partial charge in [-0.3, -0.25) is 0 Å². The molecular weight excluding hydrogens is 285 g/mol. The Labute approximate surface area is 86.8 Å². The zero-order valence-corrected chi connectivity index (χ0v) is 8.95. The van der Waals surface area contributed by atoms with Gasteiger partial charge in [-0.2, -0.15) is 8.78 Å². The van der Waals surface area contributed by atoms with Gasteiger partial charge in [0.2, 0.25) is 9.84 Å². The van der Waals surface area contributed by atoms with E-state index in [-0.39, 0.29) is 4.47 Å². The lowest BCUT2D eigenvalue weighted by Gasteiger charge is -2.04. The molecule has 0 aliphatic rings. The maximum absolute atomic E-state index is 12.9. The van der Waals surface area contributed by atoms with Crippen LogP contribution in [0.4, 0.5) is 13.2 Å². The molecule has 0 heterocycles. The number of sulfone groups is 1. The molecule has 0 radical (unpaired) electrons. The first kappa shape index (κ1) is 11.5. The van der Waals surface area contributed by atoms with Gasteiger partial charge in [0.1, 0.15) is 10.7 Å². The lowest BCUT2D eigenvalue weighted by Crippen LogP contribution is -2.13. The van der Waals surface area contributed by atoms with Crippen molar-refractivity contribution in [3.05, 3.63) is 28.5 Å². The minimum atomic E-state index is -4.87. The van der Waals surface area contributed by atoms with E-state index in [0.717, 1.165) is 12.1 Å². The lowest BCUT2D eigenvalue weighted by atomic mass is 10.3. The molecule has 0 fully saturated rings. The molecule has 78 valence electrons. The van der Waals surface area contributed by atoms with Crippen LogP contribution in [0.5, 0.6) is 0 Å². The van der Waals surface area contributed by atoms with Crippen molar-refractivity contribution in [1.82, 2.24) is 0 Å². The summed E-state index contributed by atoms with van der Waals surface area (Å²) >= 11 is 2.86. The molecule has 0 saturated heterocycles. The third kappa shape index (κ3) is 2.09. The first-order valence-corrected chi connectivity index (χ1v) is 5.66. The van der Waals surface area contributed by atoms with Crippen molar-refractivity contribution in [2.45, 2.75) is 10.7 Å². The van der Waals surface area contributed by atoms with Crippen molar-refractivity contribution in [3.8, 4) is 0 Å². The molecule has 0 unspecified atom stereocenters. The Hall–Kier alpha value is -0.560. The summed E-state index contributed by atoms with van der Waals surface area (Å²) < 4.78 is 59.0. The van der Waals surface area contributed by atoms with E-state index in [0.29, 0.717) is 0 Å². The summed E-state index contributed by atoms with van der Waals surface area (Å²) in [4.78, 5) is -0.998. The van der Waals surface area contributed by atoms with Crippen molar-refractivity contribution in [2.75, 3.05) is 0 Å². The average Bonchev–Trinajstić information content (AvgIpc) is 2.08. The third-order valence-corrected chi connectivity index (χ3v) is 3.32. The highest BCUT2D eigenvalue weighted by molar-refractivity contribution is 9.10. The third-order valence-electron chi connectivity index (χ3n) is 1.43. The molecular formula is C7H4BrF3O2S. The minimum absolute atomic E-state index is 0.220. The van der Waals surface area contributed by atoms with E-state index in [1.807, 2.05) is 0 Å². The molecule has 0 aromatic heterocycles. The first-order chi connectivity index (χ1) is 6.35. The summed E-state index contributed by atoms with van der Waals surface area (Å²) in [6.45, 7) is 0. The number of halogens is 4. The molecule has 0 aliphatic heterocycles. The molecule has 14 heavy (non-hydrogen) atoms. The Balaban J connectivity index is 3.40. The van der Waals surface area contributed by atoms with Gasteiger partial charge in [-0.05, 0) is 18.2 Å². The van der Waals surface area contributed by atoms with Gasteiger partial charge in [-0.1, -0.05) is 15.9 Å². The van der Waals surface area contributed by atoms with E-state index in [4.69, 9.17) is 0 Å². The van der Waals surface area contributed by atoms with Crippen molar-refractivity contribution < 1.29 is 21.6 Å². The van der Waals surface area contributed by atoms with Gasteiger partial charge in [0.25, 0.3) is 0 Å². The zero-order chi connectivity index (χ0) is 10.9. The standard InChI is InChI=1S/C7H4BrF3O2S/c8-4-1-2-5(9)6(3-4)14(12,13)7(10)11/h1-3,7H. The average molecular weight is 289 g/mol. The Bertz CT molecular complexity index is 444. The highest BCUT2D eigenvalue weighted by atomic mass is 79.9. The number of benzene rings is 1. The van der Waals surface area contributed by atoms with Gasteiger partial charge >= 0.3 is 5.76 Å². The maximum Gasteiger partial charge on any atom is 0.341 e. The molecule has 1 aromatic rings. The van der Waals surface area contributed by atoms with Crippen LogP contribution in [0.3, 0.4) is 0 Å². The Morgan fingerprint density at radius 1 is 1.29 bits per heavy atom. The van der Waals surface area contributed by atoms with E-state index in [9.17, 15) is 21.6 Å². The maximum atomic E-state index is 12.9. The van der Waals surface area contributed by atoms with E-state index < -0.39 is 26.3 Å². The lowest BCUT2D eigenvalue weighted by molar-refractivity contribution is 0.234. The molecule has 7 heteroatoms. The second-order valence-corrected chi connectivity index (χ2v) is 5.18. The van der Waals surface area contributed by atoms with Crippen LogP contribution in [0, 0.1) is 5.82 Å². The van der Waals surface area contributed by atoms with Crippen LogP contribution in [-0.2, 0) is 9.84 Å². The van der Waals surface area contributed by atoms with Crippen molar-refractivity contribution in [2.24, 2.45) is 0 Å². The fourth-order valence-electron chi connectivity index (χ4n) is 0.791. The van der Waals surface area contributed by atoms with Gasteiger partial charge in [-0.15, -0.1) is 0 Å². The van der Waals surface area contributed by atoms with Crippen LogP contribution in [0.2, 0.25) is 0 Å². The van der Waals surface area contributed by atoms with Gasteiger partial charge < -0.3 is 0 Å². The van der Waals surface area contributed by atoms with E-state index in [1.165, 1.54) is 6.07 Å². The predicted molar refractivity (Wildman–Crippen MR) is 47.3 cm³/mol. The summed E-state index contributed by atoms with van der Waals surface area (Å²) in [6.07, 6.45) is 0. The summed E-state index contributed by atoms with van der Waals surface area (Å²) in [7, 11) is -4.87. The first-order valence-electron chi connectivity index (χ1n) is 3.33. The molecule has 0 N–H and O–H groups in total. The number of rotatable bonds is 2. The molecule has 0 spiro atoms. The highest BCUT2D eigenvalue weighted by Gasteiger charge is 2.29. The predicted octanol–water partition coefficient (Wildman–Crippen LogP) is 2.58. The minimum Gasteiger partial charge on any atom is -0.218 e.